The summed E-state index contributed by atoms with van der Waals surface area (Å²) in [4.78, 5) is 140. The van der Waals surface area contributed by atoms with Crippen LogP contribution in [0.5, 0.6) is 0 Å². The molecule has 2 aliphatic heterocycles. The average molecular weight is 2020 g/mol. The standard InChI is InChI=1S/C111H126N22O12S2/c1-71-100(80-25-19-74(20-26-80)56-116-104(138)93-51-91(135)67-131(93)107(141)103(111(5,6)7)127-98(137)69-145-50-48-129-65-83(63-122-129)79-31-39-87(40-32-79)133(109(143)119-59-73-17-12-9-13-18-73)89-43-35-85(36-44-89)125-96-46-24-77(55-113)61-115-96)147-99(123-71)53-92-101(146-70-120-92)81-27-21-75(22-28-81)57-117-105(139)94-52-90(134)66-130(94)106(140)102(110(2,3)4)126-97(136)68-144-49-14-47-128-64-82(62-121-128)78-29-37-86(38-30-78)132(108(142)118-58-72-15-10-8-11-16-72)88-41-33-84(34-42-88)124-95-45-23-76(54-112)60-114-95/h8-13,15-32,37-40,45-46,60-65,70,84-85,88-91,93-94,102-103,134-135H,14,33-36,41-44,47-53,56-59,66-69H2,1-7H3,(H,114,124)(H,115,125)(H,116,138)(H,117,139)(H,118,142)(H,119,143)(H,126,136)(H,127,137)/t84?,85?,88?,89?,90-,91-,93+,94+,102-,103-/m1/s1. The molecule has 16 rings (SSSR count). The molecule has 4 fully saturated rings. The lowest BCUT2D eigenvalue weighted by Crippen LogP contribution is -2.58. The van der Waals surface area contributed by atoms with Crippen LogP contribution < -0.4 is 52.3 Å². The second kappa shape index (κ2) is 48.9. The Bertz CT molecular complexity index is 6580. The normalized spacial score (nSPS) is 18.1. The third-order valence-corrected chi connectivity index (χ3v) is 29.3. The summed E-state index contributed by atoms with van der Waals surface area (Å²) in [5, 5.41) is 75.5. The number of anilines is 4. The smallest absolute Gasteiger partial charge is 0.322 e. The number of thiazole rings is 2. The van der Waals surface area contributed by atoms with E-state index in [0.29, 0.717) is 61.8 Å². The van der Waals surface area contributed by atoms with Gasteiger partial charge in [-0.2, -0.15) is 20.7 Å². The molecule has 10 amide bonds. The lowest BCUT2D eigenvalue weighted by molar-refractivity contribution is -0.144. The second-order valence-corrected chi connectivity index (χ2v) is 42.1. The summed E-state index contributed by atoms with van der Waals surface area (Å²) in [5.41, 5.74) is 13.5. The van der Waals surface area contributed by atoms with Gasteiger partial charge in [-0.05, 0) is 169 Å². The number of ether oxygens (including phenoxy) is 2. The zero-order valence-electron chi connectivity index (χ0n) is 83.7. The Morgan fingerprint density at radius 2 is 0.891 bits per heavy atom. The number of β-amino-alcohol motifs (C(OH)–C–C–N with tert-alkyl or cyclic N) is 2. The van der Waals surface area contributed by atoms with Crippen LogP contribution in [-0.2, 0) is 83.9 Å². The highest BCUT2D eigenvalue weighted by molar-refractivity contribution is 7.15. The van der Waals surface area contributed by atoms with Crippen LogP contribution in [0, 0.1) is 40.4 Å². The molecular weight excluding hydrogens is 1900 g/mol. The van der Waals surface area contributed by atoms with E-state index >= 15 is 0 Å². The van der Waals surface area contributed by atoms with Crippen LogP contribution in [-0.4, -0.2) is 207 Å². The van der Waals surface area contributed by atoms with Crippen LogP contribution in [0.1, 0.15) is 162 Å². The van der Waals surface area contributed by atoms with Crippen LogP contribution in [0.3, 0.4) is 0 Å². The van der Waals surface area contributed by atoms with Crippen LogP contribution in [0.2, 0.25) is 0 Å². The van der Waals surface area contributed by atoms with E-state index in [0.717, 1.165) is 145 Å². The summed E-state index contributed by atoms with van der Waals surface area (Å²) in [5.74, 6) is -1.46. The largest absolute Gasteiger partial charge is 0.391 e. The third kappa shape index (κ3) is 27.8. The average Bonchev–Trinajstić information content (AvgIpc) is 1.72. The summed E-state index contributed by atoms with van der Waals surface area (Å²) in [6.07, 6.45) is 16.0. The lowest BCUT2D eigenvalue weighted by Gasteiger charge is -2.37. The number of aryl methyl sites for hydroxylation is 2. The van der Waals surface area contributed by atoms with Gasteiger partial charge in [0.25, 0.3) is 0 Å². The number of carbonyl (C=O) groups excluding carboxylic acids is 8. The monoisotopic (exact) mass is 2020 g/mol. The van der Waals surface area contributed by atoms with Gasteiger partial charge in [0, 0.05) is 143 Å². The molecule has 0 spiro atoms. The van der Waals surface area contributed by atoms with E-state index in [1.165, 1.54) is 21.1 Å². The minimum absolute atomic E-state index is 0.0177. The molecule has 36 heteroatoms. The molecule has 6 aromatic carbocycles. The molecule has 8 heterocycles. The van der Waals surface area contributed by atoms with E-state index in [9.17, 15) is 59.1 Å². The SMILES string of the molecule is Cc1nc(Cc2ncsc2-c2ccc(CNC(=O)[C@@H]3C[C@@H](O)CN3C(=O)[C@@H](NC(=O)COCCCn3cc(-c4ccc(N(C(=O)NCc5ccccc5)C5CCC(Nc6ccc(C#N)cn6)CC5)cc4)cn3)C(C)(C)C)cc2)sc1-c1ccc(CNC(=O)[C@@H]2C[C@@H](O)CN2C(=O)[C@@H](NC(=O)COCCn2cc(-c3ccc(N(C(=O)NCc4ccccc4)C4CCC(Nc5ccc(C#N)cn5)CC4)cc3)cn2)C(C)(C)C)cc1. The molecule has 2 saturated carbocycles. The zero-order chi connectivity index (χ0) is 103. The molecular formula is C111H126N22O12S2. The number of hydrogen-bond acceptors (Lipinski definition) is 24. The maximum absolute atomic E-state index is 14.5. The van der Waals surface area contributed by atoms with Gasteiger partial charge in [0.15, 0.2) is 0 Å². The molecule has 12 aromatic rings. The number of urea groups is 2. The minimum Gasteiger partial charge on any atom is -0.391 e. The van der Waals surface area contributed by atoms with Crippen LogP contribution in [0.15, 0.2) is 225 Å². The summed E-state index contributed by atoms with van der Waals surface area (Å²) in [6.45, 7) is 14.3. The summed E-state index contributed by atoms with van der Waals surface area (Å²) >= 11 is 3.08. The highest BCUT2D eigenvalue weighted by Gasteiger charge is 2.47. The van der Waals surface area contributed by atoms with E-state index in [1.54, 1.807) is 58.4 Å². The van der Waals surface area contributed by atoms with Gasteiger partial charge in [-0.15, -0.1) is 22.7 Å². The Morgan fingerprint density at radius 1 is 0.476 bits per heavy atom. The first-order valence-electron chi connectivity index (χ1n) is 50.1. The number of rotatable bonds is 39. The molecule has 4 aliphatic rings. The lowest BCUT2D eigenvalue weighted by atomic mass is 9.85. The topological polar surface area (TPSA) is 439 Å². The number of aromatic nitrogens is 8. The van der Waals surface area contributed by atoms with Gasteiger partial charge >= 0.3 is 12.1 Å². The Kier molecular flexibility index (Phi) is 34.9. The Balaban J connectivity index is 0.449. The predicted octanol–water partition coefficient (Wildman–Crippen LogP) is 14.4. The molecule has 0 radical (unpaired) electrons. The van der Waals surface area contributed by atoms with Gasteiger partial charge in [0.2, 0.25) is 35.4 Å². The van der Waals surface area contributed by atoms with Crippen molar-refractivity contribution in [2.24, 2.45) is 10.8 Å². The number of carbonyl (C=O) groups is 8. The highest BCUT2D eigenvalue weighted by Crippen LogP contribution is 2.39. The Hall–Kier alpha value is -14.9. The summed E-state index contributed by atoms with van der Waals surface area (Å²) in [6, 6.07) is 58.1. The predicted molar refractivity (Wildman–Crippen MR) is 562 cm³/mol. The number of nitriles is 2. The van der Waals surface area contributed by atoms with Gasteiger partial charge in [0.05, 0.1) is 80.5 Å². The van der Waals surface area contributed by atoms with Crippen molar-refractivity contribution in [3.05, 3.63) is 274 Å². The second-order valence-electron chi connectivity index (χ2n) is 40.1. The molecule has 2 aliphatic carbocycles. The molecule has 10 N–H and O–H groups in total. The maximum atomic E-state index is 14.5. The summed E-state index contributed by atoms with van der Waals surface area (Å²) in [7, 11) is 0. The van der Waals surface area contributed by atoms with Gasteiger partial charge < -0.3 is 72.0 Å². The van der Waals surface area contributed by atoms with Crippen molar-refractivity contribution in [3.8, 4) is 55.3 Å². The Morgan fingerprint density at radius 3 is 1.32 bits per heavy atom. The molecule has 6 atom stereocenters. The minimum atomic E-state index is -1.06. The van der Waals surface area contributed by atoms with Crippen molar-refractivity contribution in [1.29, 1.82) is 10.5 Å². The number of pyridine rings is 2. The van der Waals surface area contributed by atoms with Crippen molar-refractivity contribution >= 4 is 93.2 Å². The number of amides is 10. The molecule has 764 valence electrons. The van der Waals surface area contributed by atoms with Crippen LogP contribution >= 0.6 is 22.7 Å². The van der Waals surface area contributed by atoms with Crippen LogP contribution in [0.4, 0.5) is 32.6 Å². The molecule has 0 unspecified atom stereocenters. The van der Waals surface area contributed by atoms with E-state index in [2.05, 4.69) is 74.8 Å². The number of aliphatic hydroxyl groups excluding tert-OH is 2. The maximum Gasteiger partial charge on any atom is 0.322 e. The van der Waals surface area contributed by atoms with Crippen LogP contribution in [0.25, 0.3) is 43.1 Å². The zero-order valence-corrected chi connectivity index (χ0v) is 85.3. The van der Waals surface area contributed by atoms with Gasteiger partial charge in [-0.25, -0.2) is 29.5 Å². The first-order chi connectivity index (χ1) is 71.0. The van der Waals surface area contributed by atoms with E-state index in [-0.39, 0.29) is 102 Å². The fourth-order valence-corrected chi connectivity index (χ4v) is 21.2. The number of aliphatic hydroxyl groups is 2. The number of nitrogens with zero attached hydrogens (tertiary/aromatic N) is 14. The summed E-state index contributed by atoms with van der Waals surface area (Å²) < 4.78 is 15.2. The fourth-order valence-electron chi connectivity index (χ4n) is 19.3. The number of benzene rings is 6. The van der Waals surface area contributed by atoms with E-state index in [1.807, 2.05) is 245 Å². The van der Waals surface area contributed by atoms with Crippen molar-refractivity contribution in [1.82, 2.24) is 81.2 Å². The first kappa shape index (κ1) is 105. The molecule has 0 bridgehead atoms. The van der Waals surface area contributed by atoms with Gasteiger partial charge in [0.1, 0.15) is 61.2 Å². The Labute approximate surface area is 863 Å². The number of likely N-dealkylation sites (tertiary alicyclic amines) is 2. The molecule has 34 nitrogen and oxygen atoms in total. The van der Waals surface area contributed by atoms with Crippen molar-refractivity contribution < 1.29 is 58.0 Å². The van der Waals surface area contributed by atoms with Crippen molar-refractivity contribution in [3.63, 3.8) is 0 Å². The van der Waals surface area contributed by atoms with Crippen molar-refractivity contribution in [2.45, 2.75) is 225 Å². The number of nitrogens with one attached hydrogen (secondary N) is 8. The van der Waals surface area contributed by atoms with Crippen molar-refractivity contribution in [2.75, 3.05) is 60.0 Å². The first-order valence-corrected chi connectivity index (χ1v) is 51.8. The quantitative estimate of drug-likeness (QED) is 0.0160. The highest BCUT2D eigenvalue weighted by atomic mass is 32.1. The van der Waals surface area contributed by atoms with Gasteiger partial charge in [-0.3, -0.25) is 47.9 Å². The molecule has 147 heavy (non-hydrogen) atoms. The van der Waals surface area contributed by atoms with E-state index in [4.69, 9.17) is 19.4 Å². The fraction of sp³-hybridized carbons (Fsp3) is 0.387. The molecule has 6 aromatic heterocycles. The van der Waals surface area contributed by atoms with Gasteiger partial charge in [-0.1, -0.05) is 175 Å². The third-order valence-electron chi connectivity index (χ3n) is 27.2. The molecule has 2 saturated heterocycles. The van der Waals surface area contributed by atoms with E-state index < -0.39 is 82.6 Å². The number of hydrogen-bond donors (Lipinski definition) is 10.